The zero-order valence-corrected chi connectivity index (χ0v) is 27.7. The minimum Gasteiger partial charge on any atom is -0.388 e. The van der Waals surface area contributed by atoms with Gasteiger partial charge in [0.25, 0.3) is 0 Å². The summed E-state index contributed by atoms with van der Waals surface area (Å²) in [6.07, 6.45) is 2.00. The van der Waals surface area contributed by atoms with Crippen molar-refractivity contribution in [3.63, 3.8) is 0 Å². The van der Waals surface area contributed by atoms with Gasteiger partial charge in [-0.15, -0.1) is 0 Å². The van der Waals surface area contributed by atoms with Crippen LogP contribution in [0.4, 0.5) is 0 Å². The van der Waals surface area contributed by atoms with Gasteiger partial charge >= 0.3 is 0 Å². The molecule has 3 saturated heterocycles. The van der Waals surface area contributed by atoms with E-state index < -0.39 is 48.2 Å². The molecule has 8 fully saturated rings. The number of rotatable bonds is 3. The highest BCUT2D eigenvalue weighted by Gasteiger charge is 2.88. The molecule has 17 unspecified atom stereocenters. The van der Waals surface area contributed by atoms with E-state index in [0.29, 0.717) is 17.8 Å². The quantitative estimate of drug-likeness (QED) is 0.301. The molecule has 8 rings (SSSR count). The molecule has 250 valence electrons. The molecule has 9 nitrogen and oxygen atoms in total. The highest BCUT2D eigenvalue weighted by atomic mass is 16.8. The van der Waals surface area contributed by atoms with E-state index in [1.165, 1.54) is 6.42 Å². The van der Waals surface area contributed by atoms with E-state index in [9.17, 15) is 25.5 Å². The number of hydrogen-bond acceptors (Lipinski definition) is 9. The van der Waals surface area contributed by atoms with Crippen molar-refractivity contribution < 1.29 is 44.5 Å². The van der Waals surface area contributed by atoms with Gasteiger partial charge in [-0.3, -0.25) is 0 Å². The van der Waals surface area contributed by atoms with Crippen molar-refractivity contribution in [1.82, 2.24) is 0 Å². The minimum atomic E-state index is -1.28. The smallest absolute Gasteiger partial charge is 0.199 e. The second-order valence-electron chi connectivity index (χ2n) is 18.3. The Labute approximate surface area is 262 Å². The molecule has 5 N–H and O–H groups in total. The van der Waals surface area contributed by atoms with Crippen LogP contribution in [0, 0.1) is 50.7 Å². The summed E-state index contributed by atoms with van der Waals surface area (Å²) in [4.78, 5) is 0. The highest BCUT2D eigenvalue weighted by Crippen LogP contribution is 2.90. The van der Waals surface area contributed by atoms with Gasteiger partial charge < -0.3 is 44.5 Å². The van der Waals surface area contributed by atoms with Gasteiger partial charge in [0.05, 0.1) is 24.4 Å². The summed E-state index contributed by atoms with van der Waals surface area (Å²) >= 11 is 0. The summed E-state index contributed by atoms with van der Waals surface area (Å²) in [6, 6.07) is 0. The monoisotopic (exact) mass is 620 g/mol. The number of aliphatic hydroxyl groups excluding tert-OH is 4. The van der Waals surface area contributed by atoms with Gasteiger partial charge in [-0.1, -0.05) is 34.6 Å². The van der Waals surface area contributed by atoms with Crippen LogP contribution in [0.5, 0.6) is 0 Å². The zero-order chi connectivity index (χ0) is 31.6. The lowest BCUT2D eigenvalue weighted by atomic mass is 9.41. The summed E-state index contributed by atoms with van der Waals surface area (Å²) in [7, 11) is 0. The molecule has 0 aromatic rings. The van der Waals surface area contributed by atoms with E-state index in [1.807, 2.05) is 0 Å². The van der Waals surface area contributed by atoms with Gasteiger partial charge in [0.2, 0.25) is 0 Å². The molecule has 3 spiro atoms. The first-order valence-corrected chi connectivity index (χ1v) is 17.5. The van der Waals surface area contributed by atoms with Crippen LogP contribution in [0.3, 0.4) is 0 Å². The maximum absolute atomic E-state index is 12.7. The van der Waals surface area contributed by atoms with Crippen molar-refractivity contribution >= 4 is 0 Å². The third kappa shape index (κ3) is 3.38. The maximum Gasteiger partial charge on any atom is 0.199 e. The van der Waals surface area contributed by atoms with Crippen LogP contribution >= 0.6 is 0 Å². The van der Waals surface area contributed by atoms with Gasteiger partial charge in [-0.05, 0) is 105 Å². The topological polar surface area (TPSA) is 138 Å². The molecule has 0 aromatic heterocycles. The minimum absolute atomic E-state index is 0.0559. The molecule has 0 aromatic carbocycles. The van der Waals surface area contributed by atoms with Crippen LogP contribution in [0.2, 0.25) is 0 Å². The largest absolute Gasteiger partial charge is 0.388 e. The third-order valence-corrected chi connectivity index (χ3v) is 15.9. The van der Waals surface area contributed by atoms with Gasteiger partial charge in [0, 0.05) is 11.3 Å². The van der Waals surface area contributed by atoms with Crippen LogP contribution in [0.15, 0.2) is 0 Å². The van der Waals surface area contributed by atoms with E-state index in [2.05, 4.69) is 34.6 Å². The van der Waals surface area contributed by atoms with E-state index in [-0.39, 0.29) is 51.8 Å². The molecular formula is C35H56O9. The van der Waals surface area contributed by atoms with Crippen LogP contribution in [0.25, 0.3) is 0 Å². The van der Waals surface area contributed by atoms with E-state index in [0.717, 1.165) is 44.9 Å². The Morgan fingerprint density at radius 1 is 0.841 bits per heavy atom. The van der Waals surface area contributed by atoms with E-state index in [4.69, 9.17) is 18.9 Å². The summed E-state index contributed by atoms with van der Waals surface area (Å²) in [6.45, 7) is 15.2. The first-order chi connectivity index (χ1) is 20.4. The third-order valence-electron chi connectivity index (χ3n) is 15.9. The average molecular weight is 621 g/mol. The van der Waals surface area contributed by atoms with Crippen molar-refractivity contribution in [3.8, 4) is 0 Å². The lowest BCUT2D eigenvalue weighted by Gasteiger charge is -2.63. The second-order valence-corrected chi connectivity index (χ2v) is 18.3. The summed E-state index contributed by atoms with van der Waals surface area (Å²) in [5, 5.41) is 54.5. The molecule has 3 aliphatic heterocycles. The SMILES string of the molecule is CC1CC2OC3(OC2C(C)(C)O)C1C1(C)CCC24CC25CCC(OC2OCC(O)C(O)C2O)C(C)(C)C5CCC4C1(C)C3O. The van der Waals surface area contributed by atoms with Crippen molar-refractivity contribution in [2.45, 2.75) is 160 Å². The lowest BCUT2D eigenvalue weighted by Crippen LogP contribution is -2.61. The molecule has 8 aliphatic rings. The predicted octanol–water partition coefficient (Wildman–Crippen LogP) is 3.12. The molecule has 44 heavy (non-hydrogen) atoms. The Bertz CT molecular complexity index is 1200. The number of ether oxygens (including phenoxy) is 4. The zero-order valence-electron chi connectivity index (χ0n) is 27.7. The molecule has 5 aliphatic carbocycles. The Morgan fingerprint density at radius 3 is 2.23 bits per heavy atom. The molecule has 17 atom stereocenters. The van der Waals surface area contributed by atoms with Gasteiger partial charge in [0.1, 0.15) is 30.5 Å². The Hall–Kier alpha value is -0.360. The predicted molar refractivity (Wildman–Crippen MR) is 159 cm³/mol. The van der Waals surface area contributed by atoms with Crippen molar-refractivity contribution in [1.29, 1.82) is 0 Å². The van der Waals surface area contributed by atoms with Crippen LogP contribution < -0.4 is 0 Å². The molecule has 5 saturated carbocycles. The highest BCUT2D eigenvalue weighted by molar-refractivity contribution is 5.34. The Balaban J connectivity index is 1.10. The summed E-state index contributed by atoms with van der Waals surface area (Å²) in [5.41, 5.74) is -1.39. The second kappa shape index (κ2) is 9.00. The molecule has 3 heterocycles. The lowest BCUT2D eigenvalue weighted by molar-refractivity contribution is -0.303. The van der Waals surface area contributed by atoms with Crippen LogP contribution in [0.1, 0.15) is 99.8 Å². The molecular weight excluding hydrogens is 564 g/mol. The standard InChI is InChI=1S/C35H56O9/c1-17-14-19-26(30(4,5)40)44-35(43-19)25(17)31(6)12-13-34-16-33(34)11-10-22(42-27-24(38)23(37)18(36)15-41-27)29(2,3)20(33)8-9-21(34)32(31,7)28(35)39/h17-28,36-40H,8-16H2,1-7H3. The van der Waals surface area contributed by atoms with Crippen molar-refractivity contribution in [3.05, 3.63) is 0 Å². The van der Waals surface area contributed by atoms with Gasteiger partial charge in [-0.2, -0.15) is 0 Å². The number of fused-ring (bicyclic) bond motifs is 4. The van der Waals surface area contributed by atoms with Crippen LogP contribution in [-0.4, -0.2) is 92.5 Å². The summed E-state index contributed by atoms with van der Waals surface area (Å²) < 4.78 is 25.8. The fraction of sp³-hybridized carbons (Fsp3) is 1.00. The molecule has 0 amide bonds. The average Bonchev–Trinajstić information content (AvgIpc) is 3.45. The first kappa shape index (κ1) is 30.9. The molecule has 9 heteroatoms. The number of hydrogen-bond donors (Lipinski definition) is 5. The van der Waals surface area contributed by atoms with Crippen molar-refractivity contribution in [2.24, 2.45) is 50.7 Å². The van der Waals surface area contributed by atoms with Gasteiger partial charge in [0.15, 0.2) is 12.1 Å². The van der Waals surface area contributed by atoms with E-state index in [1.54, 1.807) is 13.8 Å². The Kier molecular flexibility index (Phi) is 6.33. The van der Waals surface area contributed by atoms with Crippen molar-refractivity contribution in [2.75, 3.05) is 6.61 Å². The molecule has 0 radical (unpaired) electrons. The first-order valence-electron chi connectivity index (χ1n) is 17.5. The number of aliphatic hydroxyl groups is 5. The fourth-order valence-corrected chi connectivity index (χ4v) is 14.0. The Morgan fingerprint density at radius 2 is 1.52 bits per heavy atom. The normalized spacial score (nSPS) is 62.2. The van der Waals surface area contributed by atoms with Crippen LogP contribution in [-0.2, 0) is 18.9 Å². The maximum atomic E-state index is 12.7. The summed E-state index contributed by atoms with van der Waals surface area (Å²) in [5.74, 6) is 0.108. The van der Waals surface area contributed by atoms with E-state index >= 15 is 0 Å². The fourth-order valence-electron chi connectivity index (χ4n) is 14.0. The molecule has 2 bridgehead atoms. The van der Waals surface area contributed by atoms with Gasteiger partial charge in [-0.25, -0.2) is 0 Å².